The molecule has 106 valence electrons. The van der Waals surface area contributed by atoms with Crippen molar-refractivity contribution in [2.45, 2.75) is 19.4 Å². The molecule has 0 saturated carbocycles. The second-order valence-electron chi connectivity index (χ2n) is 5.49. The summed E-state index contributed by atoms with van der Waals surface area (Å²) in [5, 5.41) is 3.08. The lowest BCUT2D eigenvalue weighted by Gasteiger charge is -2.20. The van der Waals surface area contributed by atoms with Crippen LogP contribution in [0.4, 0.5) is 5.82 Å². The lowest BCUT2D eigenvalue weighted by atomic mass is 10.1. The maximum absolute atomic E-state index is 4.56. The van der Waals surface area contributed by atoms with E-state index in [-0.39, 0.29) is 0 Å². The molecule has 1 aromatic rings. The minimum Gasteiger partial charge on any atom is -0.360 e. The molecule has 1 N–H and O–H groups in total. The predicted molar refractivity (Wildman–Crippen MR) is 78.3 cm³/mol. The number of nitrogens with zero attached hydrogens (tertiary/aromatic N) is 4. The maximum atomic E-state index is 4.56. The molecular formula is C14H25N5. The van der Waals surface area contributed by atoms with Gasteiger partial charge in [0.05, 0.1) is 6.54 Å². The Bertz CT molecular complexity index is 395. The summed E-state index contributed by atoms with van der Waals surface area (Å²) in [6.07, 6.45) is 4.42. The van der Waals surface area contributed by atoms with E-state index in [0.717, 1.165) is 30.6 Å². The van der Waals surface area contributed by atoms with Gasteiger partial charge in [-0.15, -0.1) is 0 Å². The summed E-state index contributed by atoms with van der Waals surface area (Å²) in [7, 11) is 6.23. The van der Waals surface area contributed by atoms with E-state index in [0.29, 0.717) is 0 Å². The van der Waals surface area contributed by atoms with Crippen molar-refractivity contribution in [1.29, 1.82) is 0 Å². The molecule has 0 bridgehead atoms. The van der Waals surface area contributed by atoms with Crippen molar-refractivity contribution in [3.05, 3.63) is 18.1 Å². The zero-order chi connectivity index (χ0) is 13.7. The van der Waals surface area contributed by atoms with Gasteiger partial charge in [-0.2, -0.15) is 0 Å². The van der Waals surface area contributed by atoms with E-state index in [9.17, 15) is 0 Å². The Morgan fingerprint density at radius 2 is 2.37 bits per heavy atom. The first-order valence-corrected chi connectivity index (χ1v) is 7.05. The maximum Gasteiger partial charge on any atom is 0.144 e. The summed E-state index contributed by atoms with van der Waals surface area (Å²) >= 11 is 0. The van der Waals surface area contributed by atoms with Gasteiger partial charge in [0.25, 0.3) is 0 Å². The SMILES string of the molecule is CNCc1nccc(N(C)CCC2CCN(C)C2)n1. The molecular weight excluding hydrogens is 238 g/mol. The molecule has 1 fully saturated rings. The number of aromatic nitrogens is 2. The molecule has 5 nitrogen and oxygen atoms in total. The number of nitrogens with one attached hydrogen (secondary N) is 1. The second-order valence-corrected chi connectivity index (χ2v) is 5.49. The molecule has 0 amide bonds. The monoisotopic (exact) mass is 263 g/mol. The van der Waals surface area contributed by atoms with E-state index in [2.05, 4.69) is 39.2 Å². The molecule has 5 heteroatoms. The molecule has 1 atom stereocenters. The Labute approximate surface area is 116 Å². The van der Waals surface area contributed by atoms with Gasteiger partial charge in [-0.05, 0) is 45.5 Å². The molecule has 0 aromatic carbocycles. The Kier molecular flexibility index (Phi) is 5.10. The molecule has 0 spiro atoms. The smallest absolute Gasteiger partial charge is 0.144 e. The van der Waals surface area contributed by atoms with Crippen LogP contribution in [0.5, 0.6) is 0 Å². The molecule has 2 rings (SSSR count). The summed E-state index contributed by atoms with van der Waals surface area (Å²) in [5.41, 5.74) is 0. The Morgan fingerprint density at radius 1 is 1.53 bits per heavy atom. The van der Waals surface area contributed by atoms with Crippen LogP contribution in [0.15, 0.2) is 12.3 Å². The van der Waals surface area contributed by atoms with E-state index in [1.807, 2.05) is 19.3 Å². The quantitative estimate of drug-likeness (QED) is 0.828. The second kappa shape index (κ2) is 6.82. The predicted octanol–water partition coefficient (Wildman–Crippen LogP) is 0.974. The average Bonchev–Trinajstić information content (AvgIpc) is 2.82. The largest absolute Gasteiger partial charge is 0.360 e. The Morgan fingerprint density at radius 3 is 3.05 bits per heavy atom. The van der Waals surface area contributed by atoms with Gasteiger partial charge in [0.2, 0.25) is 0 Å². The van der Waals surface area contributed by atoms with Gasteiger partial charge in [-0.25, -0.2) is 9.97 Å². The summed E-state index contributed by atoms with van der Waals surface area (Å²) in [6.45, 7) is 4.26. The molecule has 19 heavy (non-hydrogen) atoms. The first kappa shape index (κ1) is 14.2. The molecule has 0 aliphatic carbocycles. The van der Waals surface area contributed by atoms with Crippen LogP contribution in [0.25, 0.3) is 0 Å². The van der Waals surface area contributed by atoms with Crippen molar-refractivity contribution in [1.82, 2.24) is 20.2 Å². The number of hydrogen-bond donors (Lipinski definition) is 1. The fraction of sp³-hybridized carbons (Fsp3) is 0.714. The highest BCUT2D eigenvalue weighted by molar-refractivity contribution is 5.36. The van der Waals surface area contributed by atoms with Crippen LogP contribution in [0.2, 0.25) is 0 Å². The first-order valence-electron chi connectivity index (χ1n) is 7.05. The minimum absolute atomic E-state index is 0.717. The normalized spacial score (nSPS) is 19.8. The van der Waals surface area contributed by atoms with Gasteiger partial charge in [-0.3, -0.25) is 0 Å². The molecule has 1 unspecified atom stereocenters. The van der Waals surface area contributed by atoms with Crippen molar-refractivity contribution in [2.24, 2.45) is 5.92 Å². The van der Waals surface area contributed by atoms with Crippen LogP contribution in [0.1, 0.15) is 18.7 Å². The Balaban J connectivity index is 1.85. The molecule has 1 aliphatic rings. The fourth-order valence-electron chi connectivity index (χ4n) is 2.60. The molecule has 1 saturated heterocycles. The van der Waals surface area contributed by atoms with Gasteiger partial charge in [0.15, 0.2) is 0 Å². The molecule has 0 radical (unpaired) electrons. The summed E-state index contributed by atoms with van der Waals surface area (Å²) in [6, 6.07) is 1.99. The highest BCUT2D eigenvalue weighted by atomic mass is 15.2. The highest BCUT2D eigenvalue weighted by Crippen LogP contribution is 2.19. The first-order chi connectivity index (χ1) is 9.19. The van der Waals surface area contributed by atoms with E-state index in [1.54, 1.807) is 0 Å². The zero-order valence-electron chi connectivity index (χ0n) is 12.3. The summed E-state index contributed by atoms with van der Waals surface area (Å²) in [4.78, 5) is 13.5. The Hall–Kier alpha value is -1.20. The topological polar surface area (TPSA) is 44.3 Å². The van der Waals surface area contributed by atoms with Crippen molar-refractivity contribution < 1.29 is 0 Å². The van der Waals surface area contributed by atoms with Gasteiger partial charge < -0.3 is 15.1 Å². The summed E-state index contributed by atoms with van der Waals surface area (Å²) < 4.78 is 0. The van der Waals surface area contributed by atoms with E-state index < -0.39 is 0 Å². The number of likely N-dealkylation sites (tertiary alicyclic amines) is 1. The zero-order valence-corrected chi connectivity index (χ0v) is 12.3. The van der Waals surface area contributed by atoms with Crippen molar-refractivity contribution in [3.8, 4) is 0 Å². The lowest BCUT2D eigenvalue weighted by Crippen LogP contribution is -2.24. The van der Waals surface area contributed by atoms with E-state index >= 15 is 0 Å². The molecule has 1 aliphatic heterocycles. The van der Waals surface area contributed by atoms with Crippen LogP contribution >= 0.6 is 0 Å². The summed E-state index contributed by atoms with van der Waals surface area (Å²) in [5.74, 6) is 2.71. The highest BCUT2D eigenvalue weighted by Gasteiger charge is 2.19. The van der Waals surface area contributed by atoms with E-state index in [1.165, 1.54) is 25.9 Å². The number of anilines is 1. The third kappa shape index (κ3) is 4.14. The van der Waals surface area contributed by atoms with Crippen molar-refractivity contribution in [2.75, 3.05) is 45.7 Å². The van der Waals surface area contributed by atoms with Crippen molar-refractivity contribution in [3.63, 3.8) is 0 Å². The molecule has 2 heterocycles. The van der Waals surface area contributed by atoms with Crippen LogP contribution in [-0.2, 0) is 6.54 Å². The van der Waals surface area contributed by atoms with Gasteiger partial charge in [0.1, 0.15) is 11.6 Å². The minimum atomic E-state index is 0.717. The average molecular weight is 263 g/mol. The van der Waals surface area contributed by atoms with Gasteiger partial charge in [-0.1, -0.05) is 0 Å². The number of hydrogen-bond acceptors (Lipinski definition) is 5. The van der Waals surface area contributed by atoms with Crippen LogP contribution < -0.4 is 10.2 Å². The van der Waals surface area contributed by atoms with Crippen LogP contribution in [0.3, 0.4) is 0 Å². The van der Waals surface area contributed by atoms with Crippen LogP contribution in [0, 0.1) is 5.92 Å². The fourth-order valence-corrected chi connectivity index (χ4v) is 2.60. The van der Waals surface area contributed by atoms with Crippen LogP contribution in [-0.4, -0.2) is 55.6 Å². The third-order valence-electron chi connectivity index (χ3n) is 3.78. The third-order valence-corrected chi connectivity index (χ3v) is 3.78. The molecule has 1 aromatic heterocycles. The number of rotatable bonds is 6. The standard InChI is InChI=1S/C14H25N5/c1-15-10-13-16-7-4-14(17-13)19(3)9-6-12-5-8-18(2)11-12/h4,7,12,15H,5-6,8-11H2,1-3H3. The lowest BCUT2D eigenvalue weighted by molar-refractivity contribution is 0.389. The van der Waals surface area contributed by atoms with Gasteiger partial charge >= 0.3 is 0 Å². The van der Waals surface area contributed by atoms with E-state index in [4.69, 9.17) is 0 Å². The van der Waals surface area contributed by atoms with Gasteiger partial charge in [0, 0.05) is 26.3 Å². The van der Waals surface area contributed by atoms with Crippen molar-refractivity contribution >= 4 is 5.82 Å².